The number of ether oxygens (including phenoxy) is 2. The Balaban J connectivity index is 1.90. The van der Waals surface area contributed by atoms with Crippen LogP contribution < -0.4 is 10.1 Å². The third-order valence-electron chi connectivity index (χ3n) is 5.25. The number of methoxy groups -OCH3 is 1. The van der Waals surface area contributed by atoms with E-state index in [0.29, 0.717) is 23.1 Å². The van der Waals surface area contributed by atoms with Crippen LogP contribution in [0.2, 0.25) is 0 Å². The molecule has 0 aliphatic carbocycles. The highest BCUT2D eigenvalue weighted by molar-refractivity contribution is 5.98. The first-order valence-corrected chi connectivity index (χ1v) is 10.5. The lowest BCUT2D eigenvalue weighted by molar-refractivity contribution is 0.0600. The number of aromatic nitrogens is 2. The van der Waals surface area contributed by atoms with Crippen molar-refractivity contribution in [3.05, 3.63) is 76.2 Å². The molecule has 0 fully saturated rings. The lowest BCUT2D eigenvalue weighted by Crippen LogP contribution is -2.27. The van der Waals surface area contributed by atoms with E-state index in [1.165, 1.54) is 44.5 Å². The number of amides is 1. The van der Waals surface area contributed by atoms with Gasteiger partial charge in [0, 0.05) is 7.05 Å². The second-order valence-electron chi connectivity index (χ2n) is 7.51. The smallest absolute Gasteiger partial charge is 0.337 e. The summed E-state index contributed by atoms with van der Waals surface area (Å²) in [4.78, 5) is 24.7. The number of rotatable bonds is 8. The maximum absolute atomic E-state index is 13.8. The molecule has 1 atom stereocenters. The Kier molecular flexibility index (Phi) is 7.60. The van der Waals surface area contributed by atoms with Crippen molar-refractivity contribution in [2.24, 2.45) is 7.05 Å². The van der Waals surface area contributed by atoms with E-state index in [4.69, 9.17) is 4.74 Å². The summed E-state index contributed by atoms with van der Waals surface area (Å²) in [6.07, 6.45) is -2.63. The average Bonchev–Trinajstić information content (AvgIpc) is 3.16. The zero-order chi connectivity index (χ0) is 25.0. The largest absolute Gasteiger partial charge is 0.465 e. The number of aryl methyl sites for hydroxylation is 2. The monoisotopic (exact) mass is 475 g/mol. The number of esters is 1. The van der Waals surface area contributed by atoms with Gasteiger partial charge in [-0.25, -0.2) is 22.6 Å². The number of hydrogen-bond donors (Lipinski definition) is 1. The molecule has 3 rings (SSSR count). The fraction of sp³-hybridized carbons (Fsp3) is 0.292. The number of carbonyl (C=O) groups is 2. The molecular weight excluding hydrogens is 451 g/mol. The number of hydrogen-bond acceptors (Lipinski definition) is 5. The highest BCUT2D eigenvalue weighted by Crippen LogP contribution is 2.33. The van der Waals surface area contributed by atoms with E-state index < -0.39 is 41.4 Å². The summed E-state index contributed by atoms with van der Waals surface area (Å²) < 4.78 is 52.7. The summed E-state index contributed by atoms with van der Waals surface area (Å²) in [7, 11) is 2.64. The summed E-state index contributed by atoms with van der Waals surface area (Å²) in [6.45, 7) is 3.43. The van der Waals surface area contributed by atoms with E-state index in [9.17, 15) is 22.8 Å². The van der Waals surface area contributed by atoms with Crippen molar-refractivity contribution < 1.29 is 32.2 Å². The molecule has 2 aromatic carbocycles. The zero-order valence-corrected chi connectivity index (χ0v) is 19.1. The lowest BCUT2D eigenvalue weighted by atomic mass is 10.1. The third-order valence-corrected chi connectivity index (χ3v) is 5.25. The van der Waals surface area contributed by atoms with Crippen LogP contribution in [0.15, 0.2) is 42.5 Å². The molecule has 7 nitrogen and oxygen atoms in total. The molecule has 1 aromatic heterocycles. The minimum Gasteiger partial charge on any atom is -0.465 e. The van der Waals surface area contributed by atoms with Gasteiger partial charge in [-0.15, -0.1) is 0 Å². The molecule has 0 aliphatic heterocycles. The van der Waals surface area contributed by atoms with Crippen LogP contribution in [-0.2, 0) is 18.2 Å². The van der Waals surface area contributed by atoms with Crippen LogP contribution in [0.3, 0.4) is 0 Å². The first kappa shape index (κ1) is 24.8. The standard InChI is InChI=1S/C24H24F3N3O4/c1-5-14-12-17(10-11-18(14)25)34-23-19(20(21(26)27)29-30(23)3)22(31)28-13(2)15-6-8-16(9-7-15)24(32)33-4/h6-13,21H,5H2,1-4H3,(H,28,31)/t13-/m0/s1. The molecule has 34 heavy (non-hydrogen) atoms. The van der Waals surface area contributed by atoms with E-state index in [-0.39, 0.29) is 11.6 Å². The normalized spacial score (nSPS) is 11.9. The van der Waals surface area contributed by atoms with Gasteiger partial charge in [0.05, 0.1) is 18.7 Å². The molecule has 3 aromatic rings. The molecule has 0 radical (unpaired) electrons. The van der Waals surface area contributed by atoms with Crippen LogP contribution in [0.5, 0.6) is 11.6 Å². The first-order chi connectivity index (χ1) is 16.2. The maximum atomic E-state index is 13.8. The summed E-state index contributed by atoms with van der Waals surface area (Å²) in [5.74, 6) is -1.76. The van der Waals surface area contributed by atoms with Gasteiger partial charge in [0.15, 0.2) is 0 Å². The number of benzene rings is 2. The fourth-order valence-electron chi connectivity index (χ4n) is 3.39. The van der Waals surface area contributed by atoms with Crippen LogP contribution in [0.4, 0.5) is 13.2 Å². The SMILES string of the molecule is CCc1cc(Oc2c(C(=O)N[C@@H](C)c3ccc(C(=O)OC)cc3)c(C(F)F)nn2C)ccc1F. The van der Waals surface area contributed by atoms with Crippen molar-refractivity contribution in [3.8, 4) is 11.6 Å². The Morgan fingerprint density at radius 1 is 1.15 bits per heavy atom. The van der Waals surface area contributed by atoms with Crippen molar-refractivity contribution in [2.75, 3.05) is 7.11 Å². The highest BCUT2D eigenvalue weighted by Gasteiger charge is 2.30. The van der Waals surface area contributed by atoms with Crippen LogP contribution in [0.25, 0.3) is 0 Å². The Morgan fingerprint density at radius 2 is 1.82 bits per heavy atom. The minimum absolute atomic E-state index is 0.183. The summed E-state index contributed by atoms with van der Waals surface area (Å²) in [5.41, 5.74) is 0.193. The summed E-state index contributed by atoms with van der Waals surface area (Å²) in [6, 6.07) is 9.72. The van der Waals surface area contributed by atoms with Gasteiger partial charge < -0.3 is 14.8 Å². The number of carbonyl (C=O) groups excluding carboxylic acids is 2. The zero-order valence-electron chi connectivity index (χ0n) is 19.1. The first-order valence-electron chi connectivity index (χ1n) is 10.5. The molecule has 1 heterocycles. The van der Waals surface area contributed by atoms with Gasteiger partial charge in [-0.05, 0) is 54.8 Å². The second kappa shape index (κ2) is 10.4. The van der Waals surface area contributed by atoms with Gasteiger partial charge >= 0.3 is 5.97 Å². The van der Waals surface area contributed by atoms with Crippen LogP contribution in [0, 0.1) is 5.82 Å². The molecular formula is C24H24F3N3O4. The topological polar surface area (TPSA) is 82.4 Å². The van der Waals surface area contributed by atoms with Gasteiger partial charge in [0.2, 0.25) is 5.88 Å². The molecule has 1 N–H and O–H groups in total. The quantitative estimate of drug-likeness (QED) is 0.457. The van der Waals surface area contributed by atoms with Gasteiger partial charge in [-0.3, -0.25) is 4.79 Å². The predicted molar refractivity (Wildman–Crippen MR) is 118 cm³/mol. The molecule has 0 spiro atoms. The molecule has 0 unspecified atom stereocenters. The van der Waals surface area contributed by atoms with E-state index >= 15 is 0 Å². The predicted octanol–water partition coefficient (Wildman–Crippen LogP) is 5.13. The highest BCUT2D eigenvalue weighted by atomic mass is 19.3. The van der Waals surface area contributed by atoms with Gasteiger partial charge in [0.25, 0.3) is 12.3 Å². The fourth-order valence-corrected chi connectivity index (χ4v) is 3.39. The number of nitrogens with zero attached hydrogens (tertiary/aromatic N) is 2. The van der Waals surface area contributed by atoms with Gasteiger partial charge in [-0.2, -0.15) is 5.10 Å². The van der Waals surface area contributed by atoms with Crippen LogP contribution in [0.1, 0.15) is 63.9 Å². The average molecular weight is 475 g/mol. The van der Waals surface area contributed by atoms with Crippen LogP contribution >= 0.6 is 0 Å². The van der Waals surface area contributed by atoms with Gasteiger partial charge in [0.1, 0.15) is 22.8 Å². The lowest BCUT2D eigenvalue weighted by Gasteiger charge is -2.16. The van der Waals surface area contributed by atoms with Crippen molar-refractivity contribution >= 4 is 11.9 Å². The molecule has 180 valence electrons. The molecule has 10 heteroatoms. The number of halogens is 3. The Bertz CT molecular complexity index is 1190. The molecule has 0 aliphatic rings. The van der Waals surface area contributed by atoms with Crippen molar-refractivity contribution in [2.45, 2.75) is 32.7 Å². The minimum atomic E-state index is -3.03. The summed E-state index contributed by atoms with van der Waals surface area (Å²) in [5, 5.41) is 6.42. The van der Waals surface area contributed by atoms with E-state index in [1.807, 2.05) is 0 Å². The number of alkyl halides is 2. The Labute approximate surface area is 194 Å². The molecule has 0 saturated heterocycles. The Morgan fingerprint density at radius 3 is 2.41 bits per heavy atom. The van der Waals surface area contributed by atoms with Crippen molar-refractivity contribution in [3.63, 3.8) is 0 Å². The van der Waals surface area contributed by atoms with Gasteiger partial charge in [-0.1, -0.05) is 19.1 Å². The summed E-state index contributed by atoms with van der Waals surface area (Å²) >= 11 is 0. The van der Waals surface area contributed by atoms with Crippen molar-refractivity contribution in [1.29, 1.82) is 0 Å². The second-order valence-corrected chi connectivity index (χ2v) is 7.51. The Hall–Kier alpha value is -3.82. The van der Waals surface area contributed by atoms with E-state index in [2.05, 4.69) is 15.2 Å². The molecule has 0 saturated carbocycles. The molecule has 1 amide bonds. The van der Waals surface area contributed by atoms with E-state index in [1.54, 1.807) is 26.0 Å². The number of nitrogens with one attached hydrogen (secondary N) is 1. The maximum Gasteiger partial charge on any atom is 0.337 e. The van der Waals surface area contributed by atoms with Crippen LogP contribution in [-0.4, -0.2) is 28.8 Å². The van der Waals surface area contributed by atoms with E-state index in [0.717, 1.165) is 4.68 Å². The molecule has 0 bridgehead atoms. The van der Waals surface area contributed by atoms with Crippen molar-refractivity contribution in [1.82, 2.24) is 15.1 Å². The third kappa shape index (κ3) is 5.22.